The third-order valence-corrected chi connectivity index (χ3v) is 5.14. The number of benzene rings is 3. The van der Waals surface area contributed by atoms with Gasteiger partial charge >= 0.3 is 0 Å². The van der Waals surface area contributed by atoms with Crippen molar-refractivity contribution in [3.05, 3.63) is 102 Å². The highest BCUT2D eigenvalue weighted by Gasteiger charge is 2.22. The summed E-state index contributed by atoms with van der Waals surface area (Å²) in [6, 6.07) is 28.7. The molecule has 5 heteroatoms. The van der Waals surface area contributed by atoms with Crippen LogP contribution in [0, 0.1) is 0 Å². The fraction of sp³-hybridized carbons (Fsp3) is 0.0909. The lowest BCUT2D eigenvalue weighted by Crippen LogP contribution is -2.44. The van der Waals surface area contributed by atoms with E-state index in [9.17, 15) is 9.59 Å². The van der Waals surface area contributed by atoms with E-state index in [-0.39, 0.29) is 18.2 Å². The van der Waals surface area contributed by atoms with E-state index in [0.717, 1.165) is 16.0 Å². The molecule has 27 heavy (non-hydrogen) atoms. The van der Waals surface area contributed by atoms with E-state index in [1.54, 1.807) is 0 Å². The number of carbonyl (C=O) groups excluding carboxylic acids is 2. The molecule has 1 unspecified atom stereocenters. The first-order valence-corrected chi connectivity index (χ1v) is 9.49. The van der Waals surface area contributed by atoms with Gasteiger partial charge in [0, 0.05) is 4.90 Å². The number of nitrogens with one attached hydrogen (secondary N) is 2. The second-order valence-corrected chi connectivity index (χ2v) is 7.10. The summed E-state index contributed by atoms with van der Waals surface area (Å²) in [5, 5.41) is -0.467. The average molecular weight is 376 g/mol. The number of rotatable bonds is 6. The molecule has 136 valence electrons. The minimum atomic E-state index is -0.467. The Labute approximate surface area is 163 Å². The van der Waals surface area contributed by atoms with E-state index in [1.807, 2.05) is 91.0 Å². The van der Waals surface area contributed by atoms with Crippen molar-refractivity contribution in [1.82, 2.24) is 10.9 Å². The molecular formula is C22H20N2O2S. The van der Waals surface area contributed by atoms with Crippen molar-refractivity contribution in [2.75, 3.05) is 0 Å². The molecule has 0 bridgehead atoms. The molecule has 0 saturated heterocycles. The Morgan fingerprint density at radius 3 is 1.93 bits per heavy atom. The van der Waals surface area contributed by atoms with Gasteiger partial charge in [-0.3, -0.25) is 20.4 Å². The van der Waals surface area contributed by atoms with Gasteiger partial charge in [0.15, 0.2) is 0 Å². The van der Waals surface area contributed by atoms with Crippen molar-refractivity contribution in [3.63, 3.8) is 0 Å². The van der Waals surface area contributed by atoms with Gasteiger partial charge in [-0.15, -0.1) is 11.8 Å². The topological polar surface area (TPSA) is 58.2 Å². The lowest BCUT2D eigenvalue weighted by atomic mass is 10.1. The van der Waals surface area contributed by atoms with E-state index in [0.29, 0.717) is 0 Å². The van der Waals surface area contributed by atoms with Gasteiger partial charge in [-0.05, 0) is 23.3 Å². The highest BCUT2D eigenvalue weighted by atomic mass is 32.2. The summed E-state index contributed by atoms with van der Waals surface area (Å²) in [4.78, 5) is 25.8. The molecule has 3 rings (SSSR count). The van der Waals surface area contributed by atoms with E-state index in [1.165, 1.54) is 11.8 Å². The van der Waals surface area contributed by atoms with E-state index in [4.69, 9.17) is 0 Å². The summed E-state index contributed by atoms with van der Waals surface area (Å²) in [7, 11) is 0. The highest BCUT2D eigenvalue weighted by molar-refractivity contribution is 8.00. The first-order chi connectivity index (χ1) is 13.2. The molecule has 0 radical (unpaired) electrons. The van der Waals surface area contributed by atoms with Crippen LogP contribution >= 0.6 is 11.8 Å². The molecule has 0 spiro atoms. The quantitative estimate of drug-likeness (QED) is 0.507. The smallest absolute Gasteiger partial charge is 0.256 e. The molecule has 0 aromatic heterocycles. The zero-order chi connectivity index (χ0) is 18.9. The summed E-state index contributed by atoms with van der Waals surface area (Å²) in [5.41, 5.74) is 6.84. The fourth-order valence-corrected chi connectivity index (χ4v) is 3.60. The zero-order valence-electron chi connectivity index (χ0n) is 14.7. The summed E-state index contributed by atoms with van der Waals surface area (Å²) in [6.45, 7) is 0. The van der Waals surface area contributed by atoms with Gasteiger partial charge in [0.2, 0.25) is 5.91 Å². The number of amides is 2. The number of thioether (sulfide) groups is 1. The number of hydrogen-bond donors (Lipinski definition) is 2. The van der Waals surface area contributed by atoms with Crippen LogP contribution in [0.15, 0.2) is 95.9 Å². The Kier molecular flexibility index (Phi) is 6.66. The summed E-state index contributed by atoms with van der Waals surface area (Å²) in [5.74, 6) is -0.525. The van der Waals surface area contributed by atoms with Gasteiger partial charge in [-0.25, -0.2) is 0 Å². The van der Waals surface area contributed by atoms with Crippen LogP contribution in [0.4, 0.5) is 0 Å². The molecule has 0 fully saturated rings. The Morgan fingerprint density at radius 2 is 1.30 bits per heavy atom. The van der Waals surface area contributed by atoms with Crippen molar-refractivity contribution >= 4 is 23.6 Å². The molecule has 0 aliphatic carbocycles. The Morgan fingerprint density at radius 1 is 0.741 bits per heavy atom. The maximum Gasteiger partial charge on any atom is 0.256 e. The van der Waals surface area contributed by atoms with Crippen molar-refractivity contribution in [1.29, 1.82) is 0 Å². The van der Waals surface area contributed by atoms with Crippen LogP contribution in [0.5, 0.6) is 0 Å². The summed E-state index contributed by atoms with van der Waals surface area (Å²) in [6.07, 6.45) is 0.211. The fourth-order valence-electron chi connectivity index (χ4n) is 2.56. The molecule has 0 aliphatic rings. The van der Waals surface area contributed by atoms with Crippen molar-refractivity contribution in [2.45, 2.75) is 16.6 Å². The first kappa shape index (κ1) is 18.7. The highest BCUT2D eigenvalue weighted by Crippen LogP contribution is 2.35. The van der Waals surface area contributed by atoms with Crippen LogP contribution in [0.2, 0.25) is 0 Å². The number of hydrazine groups is 1. The largest absolute Gasteiger partial charge is 0.273 e. The molecule has 2 amide bonds. The molecule has 1 atom stereocenters. The van der Waals surface area contributed by atoms with Crippen LogP contribution in [0.1, 0.15) is 16.4 Å². The average Bonchev–Trinajstić information content (AvgIpc) is 2.72. The predicted octanol–water partition coefficient (Wildman–Crippen LogP) is 3.91. The molecule has 4 nitrogen and oxygen atoms in total. The molecule has 0 heterocycles. The predicted molar refractivity (Wildman–Crippen MR) is 108 cm³/mol. The Bertz CT molecular complexity index is 871. The van der Waals surface area contributed by atoms with Crippen LogP contribution < -0.4 is 10.9 Å². The Hall–Kier alpha value is -3.05. The second-order valence-electron chi connectivity index (χ2n) is 5.92. The SMILES string of the molecule is O=C(Cc1ccccc1)NNC(=O)C(Sc1ccccc1)c1ccccc1. The van der Waals surface area contributed by atoms with Gasteiger partial charge in [0.25, 0.3) is 5.91 Å². The third kappa shape index (κ3) is 5.72. The molecule has 0 aliphatic heterocycles. The molecule has 0 saturated carbocycles. The monoisotopic (exact) mass is 376 g/mol. The van der Waals surface area contributed by atoms with Crippen LogP contribution in [0.3, 0.4) is 0 Å². The van der Waals surface area contributed by atoms with Crippen molar-refractivity contribution in [3.8, 4) is 0 Å². The van der Waals surface area contributed by atoms with Gasteiger partial charge in [0.05, 0.1) is 6.42 Å². The summed E-state index contributed by atoms with van der Waals surface area (Å²) < 4.78 is 0. The Balaban J connectivity index is 1.65. The number of hydrogen-bond acceptors (Lipinski definition) is 3. The normalized spacial score (nSPS) is 11.4. The minimum absolute atomic E-state index is 0.211. The summed E-state index contributed by atoms with van der Waals surface area (Å²) >= 11 is 1.44. The van der Waals surface area contributed by atoms with Gasteiger partial charge in [-0.2, -0.15) is 0 Å². The zero-order valence-corrected chi connectivity index (χ0v) is 15.5. The van der Waals surface area contributed by atoms with Gasteiger partial charge in [-0.1, -0.05) is 78.9 Å². The first-order valence-electron chi connectivity index (χ1n) is 8.61. The van der Waals surface area contributed by atoms with E-state index >= 15 is 0 Å². The van der Waals surface area contributed by atoms with Gasteiger partial charge < -0.3 is 0 Å². The maximum atomic E-state index is 12.8. The molecule has 3 aromatic rings. The van der Waals surface area contributed by atoms with Gasteiger partial charge in [0.1, 0.15) is 5.25 Å². The molecular weight excluding hydrogens is 356 g/mol. The molecule has 3 aromatic carbocycles. The van der Waals surface area contributed by atoms with Crippen LogP contribution in [-0.2, 0) is 16.0 Å². The second kappa shape index (κ2) is 9.59. The van der Waals surface area contributed by atoms with Crippen LogP contribution in [-0.4, -0.2) is 11.8 Å². The van der Waals surface area contributed by atoms with E-state index in [2.05, 4.69) is 10.9 Å². The minimum Gasteiger partial charge on any atom is -0.273 e. The van der Waals surface area contributed by atoms with E-state index < -0.39 is 5.25 Å². The standard InChI is InChI=1S/C22H20N2O2S/c25-20(16-17-10-4-1-5-11-17)23-24-22(26)21(18-12-6-2-7-13-18)27-19-14-8-3-9-15-19/h1-15,21H,16H2,(H,23,25)(H,24,26). The molecule has 2 N–H and O–H groups in total. The van der Waals surface area contributed by atoms with Crippen molar-refractivity contribution < 1.29 is 9.59 Å². The number of carbonyl (C=O) groups is 2. The lowest BCUT2D eigenvalue weighted by molar-refractivity contribution is -0.128. The maximum absolute atomic E-state index is 12.8. The van der Waals surface area contributed by atoms with Crippen LogP contribution in [0.25, 0.3) is 0 Å². The van der Waals surface area contributed by atoms with Crippen molar-refractivity contribution in [2.24, 2.45) is 0 Å². The lowest BCUT2D eigenvalue weighted by Gasteiger charge is -2.17. The third-order valence-electron chi connectivity index (χ3n) is 3.87.